The number of benzene rings is 1. The van der Waals surface area contributed by atoms with Gasteiger partial charge >= 0.3 is 0 Å². The minimum Gasteiger partial charge on any atom is -0.494 e. The van der Waals surface area contributed by atoms with Crippen LogP contribution in [0.25, 0.3) is 0 Å². The zero-order valence-corrected chi connectivity index (χ0v) is 17.4. The lowest BCUT2D eigenvalue weighted by atomic mass is 10.1. The fourth-order valence-electron chi connectivity index (χ4n) is 2.59. The number of amides is 1. The topological polar surface area (TPSA) is 89.9 Å². The molecule has 0 saturated heterocycles. The summed E-state index contributed by atoms with van der Waals surface area (Å²) in [5, 5.41) is 13.0. The molecule has 1 heterocycles. The number of rotatable bonds is 9. The third-order valence-electron chi connectivity index (χ3n) is 4.45. The van der Waals surface area contributed by atoms with E-state index >= 15 is 0 Å². The molecule has 1 aromatic heterocycles. The van der Waals surface area contributed by atoms with Crippen molar-refractivity contribution in [3.05, 3.63) is 46.2 Å². The minimum absolute atomic E-state index is 0.0207. The van der Waals surface area contributed by atoms with E-state index in [4.69, 9.17) is 14.2 Å². The number of methoxy groups -OCH3 is 2. The summed E-state index contributed by atoms with van der Waals surface area (Å²) in [6.07, 6.45) is 1.45. The Balaban J connectivity index is 1.59. The van der Waals surface area contributed by atoms with Gasteiger partial charge in [-0.25, -0.2) is 4.98 Å². The Kier molecular flexibility index (Phi) is 6.74. The first-order valence-electron chi connectivity index (χ1n) is 8.99. The molecule has 1 atom stereocenters. The summed E-state index contributed by atoms with van der Waals surface area (Å²) in [5.41, 5.74) is 0.848. The zero-order valence-electron chi connectivity index (χ0n) is 15.8. The van der Waals surface area contributed by atoms with Crippen LogP contribution in [0.2, 0.25) is 0 Å². The van der Waals surface area contributed by atoms with Gasteiger partial charge in [-0.1, -0.05) is 0 Å². The van der Waals surface area contributed by atoms with Gasteiger partial charge in [-0.3, -0.25) is 4.79 Å². The van der Waals surface area contributed by atoms with Crippen molar-refractivity contribution < 1.29 is 24.1 Å². The summed E-state index contributed by atoms with van der Waals surface area (Å²) >= 11 is 3.28. The number of ether oxygens (including phenoxy) is 3. The molecule has 28 heavy (non-hydrogen) atoms. The highest BCUT2D eigenvalue weighted by molar-refractivity contribution is 9.10. The SMILES string of the molecule is COc1cc(C(=O)NCC(O)c2ccc(OC)c(Br)n2)ccc1OCC1CC1. The van der Waals surface area contributed by atoms with Gasteiger partial charge in [-0.2, -0.15) is 0 Å². The first kappa shape index (κ1) is 20.4. The van der Waals surface area contributed by atoms with Crippen LogP contribution in [0.3, 0.4) is 0 Å². The van der Waals surface area contributed by atoms with E-state index in [-0.39, 0.29) is 12.5 Å². The molecule has 3 rings (SSSR count). The van der Waals surface area contributed by atoms with Crippen LogP contribution in [0.15, 0.2) is 34.9 Å². The summed E-state index contributed by atoms with van der Waals surface area (Å²) < 4.78 is 16.7. The third-order valence-corrected chi connectivity index (χ3v) is 5.02. The van der Waals surface area contributed by atoms with Crippen molar-refractivity contribution in [2.45, 2.75) is 18.9 Å². The highest BCUT2D eigenvalue weighted by atomic mass is 79.9. The lowest BCUT2D eigenvalue weighted by Crippen LogP contribution is -2.28. The van der Waals surface area contributed by atoms with E-state index in [9.17, 15) is 9.90 Å². The second-order valence-electron chi connectivity index (χ2n) is 6.58. The molecular formula is C20H23BrN2O5. The standard InChI is InChI=1S/C20H23BrN2O5/c1-26-17-8-6-14(23-19(17)21)15(24)10-22-20(25)13-5-7-16(18(9-13)27-2)28-11-12-3-4-12/h5-9,12,15,24H,3-4,10-11H2,1-2H3,(H,22,25). The number of pyridine rings is 1. The van der Waals surface area contributed by atoms with E-state index in [0.717, 1.165) is 0 Å². The summed E-state index contributed by atoms with van der Waals surface area (Å²) in [6.45, 7) is 0.686. The smallest absolute Gasteiger partial charge is 0.251 e. The first-order valence-corrected chi connectivity index (χ1v) is 9.78. The Hall–Kier alpha value is -2.32. The van der Waals surface area contributed by atoms with Gasteiger partial charge < -0.3 is 24.6 Å². The van der Waals surface area contributed by atoms with Crippen LogP contribution in [-0.4, -0.2) is 43.4 Å². The van der Waals surface area contributed by atoms with E-state index in [2.05, 4.69) is 26.2 Å². The molecule has 2 N–H and O–H groups in total. The molecule has 2 aromatic rings. The number of aliphatic hydroxyl groups excluding tert-OH is 1. The molecule has 1 aromatic carbocycles. The quantitative estimate of drug-likeness (QED) is 0.570. The van der Waals surface area contributed by atoms with Crippen LogP contribution in [-0.2, 0) is 0 Å². The molecule has 1 saturated carbocycles. The monoisotopic (exact) mass is 450 g/mol. The van der Waals surface area contributed by atoms with Crippen molar-refractivity contribution in [1.29, 1.82) is 0 Å². The van der Waals surface area contributed by atoms with Gasteiger partial charge in [0.05, 0.1) is 26.5 Å². The van der Waals surface area contributed by atoms with Gasteiger partial charge in [0.25, 0.3) is 5.91 Å². The number of aromatic nitrogens is 1. The van der Waals surface area contributed by atoms with Crippen molar-refractivity contribution in [1.82, 2.24) is 10.3 Å². The van der Waals surface area contributed by atoms with Crippen LogP contribution in [0, 0.1) is 5.92 Å². The normalized spacial score (nSPS) is 14.3. The van der Waals surface area contributed by atoms with E-state index in [1.807, 2.05) is 0 Å². The number of aliphatic hydroxyl groups is 1. The Labute approximate surface area is 172 Å². The number of halogens is 1. The number of hydrogen-bond acceptors (Lipinski definition) is 6. The molecule has 0 radical (unpaired) electrons. The fraction of sp³-hybridized carbons (Fsp3) is 0.400. The average Bonchev–Trinajstić information content (AvgIpc) is 3.54. The first-order chi connectivity index (χ1) is 13.5. The predicted molar refractivity (Wildman–Crippen MR) is 107 cm³/mol. The third kappa shape index (κ3) is 5.14. The van der Waals surface area contributed by atoms with Gasteiger partial charge in [0.15, 0.2) is 17.2 Å². The number of hydrogen-bond donors (Lipinski definition) is 2. The second kappa shape index (κ2) is 9.25. The van der Waals surface area contributed by atoms with E-state index in [1.54, 1.807) is 30.3 Å². The molecule has 8 heteroatoms. The van der Waals surface area contributed by atoms with E-state index < -0.39 is 6.10 Å². The molecule has 0 aliphatic heterocycles. The van der Waals surface area contributed by atoms with Crippen molar-refractivity contribution in [2.75, 3.05) is 27.4 Å². The summed E-state index contributed by atoms with van der Waals surface area (Å²) in [7, 11) is 3.08. The largest absolute Gasteiger partial charge is 0.494 e. The number of carbonyl (C=O) groups excluding carboxylic acids is 1. The number of nitrogens with zero attached hydrogens (tertiary/aromatic N) is 1. The molecule has 150 valence electrons. The summed E-state index contributed by atoms with van der Waals surface area (Å²) in [6, 6.07) is 8.38. The van der Waals surface area contributed by atoms with Crippen molar-refractivity contribution in [3.8, 4) is 17.2 Å². The van der Waals surface area contributed by atoms with Gasteiger partial charge in [0.2, 0.25) is 0 Å². The molecule has 1 aliphatic carbocycles. The van der Waals surface area contributed by atoms with Crippen molar-refractivity contribution in [3.63, 3.8) is 0 Å². The highest BCUT2D eigenvalue weighted by Gasteiger charge is 2.23. The summed E-state index contributed by atoms with van der Waals surface area (Å²) in [4.78, 5) is 16.7. The van der Waals surface area contributed by atoms with Crippen molar-refractivity contribution >= 4 is 21.8 Å². The van der Waals surface area contributed by atoms with Crippen LogP contribution < -0.4 is 19.5 Å². The maximum atomic E-state index is 12.4. The maximum Gasteiger partial charge on any atom is 0.251 e. The van der Waals surface area contributed by atoms with Gasteiger partial charge in [-0.15, -0.1) is 0 Å². The molecule has 1 aliphatic rings. The Morgan fingerprint density at radius 3 is 2.57 bits per heavy atom. The van der Waals surface area contributed by atoms with Gasteiger partial charge in [-0.05, 0) is 65.0 Å². The number of nitrogens with one attached hydrogen (secondary N) is 1. The van der Waals surface area contributed by atoms with Crippen LogP contribution in [0.4, 0.5) is 0 Å². The molecule has 1 unspecified atom stereocenters. The second-order valence-corrected chi connectivity index (χ2v) is 7.33. The maximum absolute atomic E-state index is 12.4. The Morgan fingerprint density at radius 2 is 1.93 bits per heavy atom. The fourth-order valence-corrected chi connectivity index (χ4v) is 3.09. The highest BCUT2D eigenvalue weighted by Crippen LogP contribution is 2.33. The molecule has 0 bridgehead atoms. The van der Waals surface area contributed by atoms with Crippen LogP contribution in [0.5, 0.6) is 17.2 Å². The Bertz CT molecular complexity index is 841. The molecule has 7 nitrogen and oxygen atoms in total. The molecule has 0 spiro atoms. The lowest BCUT2D eigenvalue weighted by Gasteiger charge is -2.14. The zero-order chi connectivity index (χ0) is 20.1. The minimum atomic E-state index is -0.950. The van der Waals surface area contributed by atoms with E-state index in [1.165, 1.54) is 27.1 Å². The molecule has 1 fully saturated rings. The average molecular weight is 451 g/mol. The number of carbonyl (C=O) groups is 1. The van der Waals surface area contributed by atoms with Crippen LogP contribution >= 0.6 is 15.9 Å². The van der Waals surface area contributed by atoms with Gasteiger partial charge in [0.1, 0.15) is 10.7 Å². The Morgan fingerprint density at radius 1 is 1.21 bits per heavy atom. The molecular weight excluding hydrogens is 428 g/mol. The van der Waals surface area contributed by atoms with Crippen molar-refractivity contribution in [2.24, 2.45) is 5.92 Å². The lowest BCUT2D eigenvalue weighted by molar-refractivity contribution is 0.0913. The van der Waals surface area contributed by atoms with Gasteiger partial charge in [0, 0.05) is 12.1 Å². The summed E-state index contributed by atoms with van der Waals surface area (Å²) in [5.74, 6) is 2.00. The van der Waals surface area contributed by atoms with Crippen LogP contribution in [0.1, 0.15) is 35.0 Å². The van der Waals surface area contributed by atoms with E-state index in [0.29, 0.717) is 45.6 Å². The molecule has 1 amide bonds. The predicted octanol–water partition coefficient (Wildman–Crippen LogP) is 3.11.